The molecule has 0 radical (unpaired) electrons. The molecular formula is C11H17NO4. The van der Waals surface area contributed by atoms with Gasteiger partial charge in [-0.15, -0.1) is 0 Å². The highest BCUT2D eigenvalue weighted by Gasteiger charge is 2.31. The standard InChI is InChI=1S/C11H17NO4/c1-11(2,3)16-12-5-4-8(10(14)15)6-9(12)7-13/h8H,4-6H2,1-3H3,(H,14,15). The largest absolute Gasteiger partial charge is 0.481 e. The predicted octanol–water partition coefficient (Wildman–Crippen LogP) is 1.23. The van der Waals surface area contributed by atoms with E-state index >= 15 is 0 Å². The van der Waals surface area contributed by atoms with Crippen LogP contribution in [-0.4, -0.2) is 34.2 Å². The molecule has 1 rings (SSSR count). The number of carbonyl (C=O) groups excluding carboxylic acids is 1. The van der Waals surface area contributed by atoms with Gasteiger partial charge in [0.2, 0.25) is 0 Å². The van der Waals surface area contributed by atoms with E-state index in [1.807, 2.05) is 20.8 Å². The molecule has 1 atom stereocenters. The number of aliphatic carboxylic acids is 1. The smallest absolute Gasteiger partial charge is 0.306 e. The molecule has 0 bridgehead atoms. The van der Waals surface area contributed by atoms with Gasteiger partial charge in [0, 0.05) is 13.0 Å². The predicted molar refractivity (Wildman–Crippen MR) is 57.1 cm³/mol. The Hall–Kier alpha value is -1.32. The molecule has 1 heterocycles. The normalized spacial score (nSPS) is 21.8. The van der Waals surface area contributed by atoms with E-state index in [4.69, 9.17) is 9.94 Å². The van der Waals surface area contributed by atoms with Crippen LogP contribution < -0.4 is 0 Å². The van der Waals surface area contributed by atoms with Crippen molar-refractivity contribution in [1.82, 2.24) is 5.06 Å². The number of carbonyl (C=O) groups is 1. The maximum Gasteiger partial charge on any atom is 0.306 e. The lowest BCUT2D eigenvalue weighted by Gasteiger charge is -2.35. The van der Waals surface area contributed by atoms with E-state index in [1.54, 1.807) is 5.94 Å². The topological polar surface area (TPSA) is 66.8 Å². The van der Waals surface area contributed by atoms with Crippen LogP contribution in [0.4, 0.5) is 0 Å². The molecule has 1 N–H and O–H groups in total. The van der Waals surface area contributed by atoms with Crippen LogP contribution in [0.2, 0.25) is 0 Å². The molecule has 0 aromatic rings. The van der Waals surface area contributed by atoms with Crippen molar-refractivity contribution < 1.29 is 19.5 Å². The molecule has 1 saturated heterocycles. The summed E-state index contributed by atoms with van der Waals surface area (Å²) in [4.78, 5) is 27.1. The monoisotopic (exact) mass is 227 g/mol. The highest BCUT2D eigenvalue weighted by Crippen LogP contribution is 2.27. The molecule has 5 heteroatoms. The van der Waals surface area contributed by atoms with Crippen LogP contribution in [0.3, 0.4) is 0 Å². The molecule has 0 amide bonds. The first-order chi connectivity index (χ1) is 7.33. The first-order valence-electron chi connectivity index (χ1n) is 5.27. The molecule has 0 aromatic heterocycles. The lowest BCUT2D eigenvalue weighted by atomic mass is 9.96. The average Bonchev–Trinajstić information content (AvgIpc) is 2.15. The lowest BCUT2D eigenvalue weighted by Crippen LogP contribution is -2.39. The summed E-state index contributed by atoms with van der Waals surface area (Å²) < 4.78 is 0. The van der Waals surface area contributed by atoms with Gasteiger partial charge in [0.15, 0.2) is 0 Å². The van der Waals surface area contributed by atoms with Gasteiger partial charge in [-0.3, -0.25) is 9.63 Å². The Balaban J connectivity index is 2.71. The second kappa shape index (κ2) is 4.68. The zero-order valence-corrected chi connectivity index (χ0v) is 9.82. The molecule has 16 heavy (non-hydrogen) atoms. The number of nitrogens with zero attached hydrogens (tertiary/aromatic N) is 1. The van der Waals surface area contributed by atoms with Gasteiger partial charge in [-0.1, -0.05) is 0 Å². The van der Waals surface area contributed by atoms with Crippen molar-refractivity contribution in [2.45, 2.75) is 39.2 Å². The number of hydroxylamine groups is 2. The summed E-state index contributed by atoms with van der Waals surface area (Å²) in [6.07, 6.45) is 0.672. The van der Waals surface area contributed by atoms with Gasteiger partial charge >= 0.3 is 5.97 Å². The molecule has 1 unspecified atom stereocenters. The summed E-state index contributed by atoms with van der Waals surface area (Å²) >= 11 is 0. The van der Waals surface area contributed by atoms with E-state index < -0.39 is 17.5 Å². The van der Waals surface area contributed by atoms with Gasteiger partial charge in [-0.05, 0) is 27.2 Å². The van der Waals surface area contributed by atoms with Gasteiger partial charge in [-0.25, -0.2) is 9.86 Å². The maximum absolute atomic E-state index is 10.8. The summed E-state index contributed by atoms with van der Waals surface area (Å²) in [7, 11) is 0. The van der Waals surface area contributed by atoms with E-state index in [1.165, 1.54) is 5.06 Å². The van der Waals surface area contributed by atoms with Crippen molar-refractivity contribution in [1.29, 1.82) is 0 Å². The third-order valence-corrected chi connectivity index (χ3v) is 2.27. The number of carboxylic acid groups (broad SMARTS) is 1. The second-order valence-electron chi connectivity index (χ2n) is 4.88. The third kappa shape index (κ3) is 3.36. The Morgan fingerprint density at radius 2 is 2.19 bits per heavy atom. The van der Waals surface area contributed by atoms with Crippen LogP contribution in [0, 0.1) is 5.92 Å². The summed E-state index contributed by atoms with van der Waals surface area (Å²) in [6.45, 7) is 6.04. The third-order valence-electron chi connectivity index (χ3n) is 2.27. The number of carboxylic acids is 1. The van der Waals surface area contributed by atoms with Crippen LogP contribution in [-0.2, 0) is 14.4 Å². The van der Waals surface area contributed by atoms with E-state index in [9.17, 15) is 9.59 Å². The van der Waals surface area contributed by atoms with Crippen LogP contribution in [0.5, 0.6) is 0 Å². The number of piperidine rings is 1. The highest BCUT2D eigenvalue weighted by molar-refractivity contribution is 5.71. The fraction of sp³-hybridized carbons (Fsp3) is 0.727. The van der Waals surface area contributed by atoms with Crippen molar-refractivity contribution in [3.8, 4) is 0 Å². The molecule has 0 saturated carbocycles. The first-order valence-corrected chi connectivity index (χ1v) is 5.27. The van der Waals surface area contributed by atoms with Gasteiger partial charge < -0.3 is 5.11 Å². The quantitative estimate of drug-likeness (QED) is 0.719. The Morgan fingerprint density at radius 3 is 2.62 bits per heavy atom. The van der Waals surface area contributed by atoms with Crippen LogP contribution in [0.1, 0.15) is 33.6 Å². The Kier molecular flexibility index (Phi) is 3.73. The Bertz CT molecular complexity index is 325. The summed E-state index contributed by atoms with van der Waals surface area (Å²) in [5.74, 6) is 0.390. The van der Waals surface area contributed by atoms with Gasteiger partial charge in [-0.2, -0.15) is 0 Å². The molecular weight excluding hydrogens is 210 g/mol. The van der Waals surface area contributed by atoms with Crippen molar-refractivity contribution in [2.24, 2.45) is 5.92 Å². The molecule has 0 aliphatic carbocycles. The van der Waals surface area contributed by atoms with E-state index in [2.05, 4.69) is 0 Å². The molecule has 1 aliphatic heterocycles. The lowest BCUT2D eigenvalue weighted by molar-refractivity contribution is -0.216. The summed E-state index contributed by atoms with van der Waals surface area (Å²) in [5.41, 5.74) is -0.119. The van der Waals surface area contributed by atoms with Crippen LogP contribution >= 0.6 is 0 Å². The van der Waals surface area contributed by atoms with E-state index in [0.717, 1.165) is 0 Å². The Labute approximate surface area is 94.6 Å². The van der Waals surface area contributed by atoms with Crippen LogP contribution in [0.15, 0.2) is 5.70 Å². The van der Waals surface area contributed by atoms with Crippen molar-refractivity contribution >= 4 is 11.9 Å². The number of allylic oxidation sites excluding steroid dienone is 1. The number of rotatable bonds is 2. The molecule has 90 valence electrons. The van der Waals surface area contributed by atoms with E-state index in [0.29, 0.717) is 13.0 Å². The van der Waals surface area contributed by atoms with Gasteiger partial charge in [0.1, 0.15) is 11.6 Å². The van der Waals surface area contributed by atoms with Crippen molar-refractivity contribution in [3.63, 3.8) is 0 Å². The second-order valence-corrected chi connectivity index (χ2v) is 4.88. The fourth-order valence-electron chi connectivity index (χ4n) is 1.58. The van der Waals surface area contributed by atoms with Crippen molar-refractivity contribution in [3.05, 3.63) is 5.70 Å². The highest BCUT2D eigenvalue weighted by atomic mass is 16.7. The molecule has 5 nitrogen and oxygen atoms in total. The van der Waals surface area contributed by atoms with Gasteiger partial charge in [0.05, 0.1) is 11.5 Å². The molecule has 0 aromatic carbocycles. The summed E-state index contributed by atoms with van der Waals surface area (Å²) in [5, 5.41) is 10.3. The number of hydrogen-bond acceptors (Lipinski definition) is 4. The Morgan fingerprint density at radius 1 is 1.56 bits per heavy atom. The first kappa shape index (κ1) is 12.7. The minimum absolute atomic E-state index is 0.189. The fourth-order valence-corrected chi connectivity index (χ4v) is 1.58. The zero-order chi connectivity index (χ0) is 12.3. The maximum atomic E-state index is 10.8. The molecule has 1 aliphatic rings. The minimum Gasteiger partial charge on any atom is -0.481 e. The van der Waals surface area contributed by atoms with Gasteiger partial charge in [0.25, 0.3) is 0 Å². The summed E-state index contributed by atoms with van der Waals surface area (Å²) in [6, 6.07) is 0. The SMILES string of the molecule is CC(C)(C)ON1CCC(C(=O)O)CC1=C=O. The zero-order valence-electron chi connectivity index (χ0n) is 9.82. The minimum atomic E-state index is -0.872. The average molecular weight is 227 g/mol. The number of hydrogen-bond donors (Lipinski definition) is 1. The van der Waals surface area contributed by atoms with E-state index in [-0.39, 0.29) is 12.1 Å². The van der Waals surface area contributed by atoms with Crippen LogP contribution in [0.25, 0.3) is 0 Å². The molecule has 1 fully saturated rings. The van der Waals surface area contributed by atoms with Crippen molar-refractivity contribution in [2.75, 3.05) is 6.54 Å². The molecule has 0 spiro atoms.